The maximum Gasteiger partial charge on any atom is 0.155 e. The molecule has 0 spiro atoms. The third kappa shape index (κ3) is 5.06. The molecule has 0 fully saturated rings. The van der Waals surface area contributed by atoms with E-state index in [-0.39, 0.29) is 25.8 Å². The van der Waals surface area contributed by atoms with Crippen LogP contribution in [0, 0.1) is 0 Å². The molecule has 1 aromatic carbocycles. The van der Waals surface area contributed by atoms with E-state index >= 15 is 0 Å². The Balaban J connectivity index is 2.52. The maximum absolute atomic E-state index is 9.64. The molecule has 114 valence electrons. The van der Waals surface area contributed by atoms with E-state index in [4.69, 9.17) is 46.4 Å². The summed E-state index contributed by atoms with van der Waals surface area (Å²) in [5, 5.41) is 10.3. The van der Waals surface area contributed by atoms with Crippen LogP contribution in [0.25, 0.3) is 0 Å². The maximum atomic E-state index is 9.64. The number of phenols is 1. The number of hydrogen-bond acceptors (Lipinski definition) is 2. The van der Waals surface area contributed by atoms with Crippen LogP contribution in [0.15, 0.2) is 4.90 Å². The van der Waals surface area contributed by atoms with Gasteiger partial charge in [0, 0.05) is 4.90 Å². The molecule has 0 amide bonds. The van der Waals surface area contributed by atoms with Crippen molar-refractivity contribution in [1.29, 1.82) is 0 Å². The average molecular weight is 376 g/mol. The zero-order valence-electron chi connectivity index (χ0n) is 11.3. The van der Waals surface area contributed by atoms with Crippen LogP contribution in [0.4, 0.5) is 0 Å². The van der Waals surface area contributed by atoms with E-state index in [2.05, 4.69) is 6.92 Å². The number of hydrogen-bond donors (Lipinski definition) is 1. The minimum absolute atomic E-state index is 0.0616. The second kappa shape index (κ2) is 9.53. The van der Waals surface area contributed by atoms with Gasteiger partial charge in [0.25, 0.3) is 0 Å². The van der Waals surface area contributed by atoms with E-state index in [0.717, 1.165) is 12.2 Å². The van der Waals surface area contributed by atoms with Gasteiger partial charge >= 0.3 is 0 Å². The number of benzene rings is 1. The molecule has 0 aliphatic rings. The standard InChI is InChI=1S/C14H18Cl4OS/c1-2-3-4-5-6-7-8-20-14-11(17)9(15)13(19)10(16)12(14)18/h19H,2-8H2,1H3. The Hall–Kier alpha value is 0.530. The third-order valence-electron chi connectivity index (χ3n) is 2.94. The molecule has 0 unspecified atom stereocenters. The number of phenolic OH excluding ortho intramolecular Hbond substituents is 1. The van der Waals surface area contributed by atoms with Gasteiger partial charge in [-0.25, -0.2) is 0 Å². The highest BCUT2D eigenvalue weighted by Gasteiger charge is 2.19. The number of unbranched alkanes of at least 4 members (excludes halogenated alkanes) is 5. The second-order valence-corrected chi connectivity index (χ2v) is 7.17. The summed E-state index contributed by atoms with van der Waals surface area (Å²) < 4.78 is 0. The highest BCUT2D eigenvalue weighted by Crippen LogP contribution is 2.49. The van der Waals surface area contributed by atoms with Gasteiger partial charge in [0.1, 0.15) is 10.0 Å². The molecule has 0 aromatic heterocycles. The SMILES string of the molecule is CCCCCCCCSc1c(Cl)c(Cl)c(O)c(Cl)c1Cl. The molecule has 6 heteroatoms. The van der Waals surface area contributed by atoms with Crippen molar-refractivity contribution < 1.29 is 5.11 Å². The number of thioether (sulfide) groups is 1. The fraction of sp³-hybridized carbons (Fsp3) is 0.571. The minimum atomic E-state index is -0.257. The highest BCUT2D eigenvalue weighted by molar-refractivity contribution is 7.99. The lowest BCUT2D eigenvalue weighted by molar-refractivity contribution is 0.475. The van der Waals surface area contributed by atoms with E-state index < -0.39 is 0 Å². The molecule has 0 saturated carbocycles. The minimum Gasteiger partial charge on any atom is -0.505 e. The van der Waals surface area contributed by atoms with Crippen LogP contribution in [0.5, 0.6) is 5.75 Å². The van der Waals surface area contributed by atoms with Gasteiger partial charge in [-0.05, 0) is 12.2 Å². The summed E-state index contributed by atoms with van der Waals surface area (Å²) in [7, 11) is 0. The van der Waals surface area contributed by atoms with Gasteiger partial charge < -0.3 is 5.11 Å². The Morgan fingerprint density at radius 2 is 1.30 bits per heavy atom. The lowest BCUT2D eigenvalue weighted by Crippen LogP contribution is -1.87. The highest BCUT2D eigenvalue weighted by atomic mass is 35.5. The summed E-state index contributed by atoms with van der Waals surface area (Å²) in [6.07, 6.45) is 7.39. The molecule has 0 atom stereocenters. The van der Waals surface area contributed by atoms with Crippen molar-refractivity contribution in [2.45, 2.75) is 50.3 Å². The molecule has 0 aliphatic carbocycles. The zero-order chi connectivity index (χ0) is 15.1. The van der Waals surface area contributed by atoms with Crippen LogP contribution >= 0.6 is 58.2 Å². The Labute approximate surface area is 144 Å². The fourth-order valence-corrected chi connectivity index (χ4v) is 4.08. The van der Waals surface area contributed by atoms with E-state index in [1.54, 1.807) is 0 Å². The van der Waals surface area contributed by atoms with Crippen molar-refractivity contribution in [3.8, 4) is 5.75 Å². The first-order chi connectivity index (χ1) is 9.50. The first-order valence-electron chi connectivity index (χ1n) is 6.68. The molecule has 1 aromatic rings. The fourth-order valence-electron chi connectivity index (χ4n) is 1.78. The molecule has 0 heterocycles. The lowest BCUT2D eigenvalue weighted by atomic mass is 10.1. The van der Waals surface area contributed by atoms with Crippen LogP contribution in [0.3, 0.4) is 0 Å². The Morgan fingerprint density at radius 3 is 1.85 bits per heavy atom. The Bertz CT molecular complexity index is 422. The predicted molar refractivity (Wildman–Crippen MR) is 92.2 cm³/mol. The summed E-state index contributed by atoms with van der Waals surface area (Å²) >= 11 is 25.6. The summed E-state index contributed by atoms with van der Waals surface area (Å²) in [6, 6.07) is 0. The molecule has 1 rings (SSSR count). The summed E-state index contributed by atoms with van der Waals surface area (Å²) in [6.45, 7) is 2.21. The molecular formula is C14H18Cl4OS. The van der Waals surface area contributed by atoms with Gasteiger partial charge in [-0.15, -0.1) is 11.8 Å². The van der Waals surface area contributed by atoms with Crippen molar-refractivity contribution in [3.63, 3.8) is 0 Å². The van der Waals surface area contributed by atoms with Gasteiger partial charge in [-0.3, -0.25) is 0 Å². The molecular weight excluding hydrogens is 358 g/mol. The number of rotatable bonds is 8. The van der Waals surface area contributed by atoms with Crippen molar-refractivity contribution >= 4 is 58.2 Å². The van der Waals surface area contributed by atoms with Gasteiger partial charge in [0.15, 0.2) is 5.75 Å². The van der Waals surface area contributed by atoms with Crippen molar-refractivity contribution in [3.05, 3.63) is 20.1 Å². The normalized spacial score (nSPS) is 11.1. The molecule has 0 bridgehead atoms. The largest absolute Gasteiger partial charge is 0.505 e. The number of aromatic hydroxyl groups is 1. The van der Waals surface area contributed by atoms with Crippen LogP contribution in [-0.4, -0.2) is 10.9 Å². The Morgan fingerprint density at radius 1 is 0.800 bits per heavy atom. The van der Waals surface area contributed by atoms with Gasteiger partial charge in [0.05, 0.1) is 10.0 Å². The van der Waals surface area contributed by atoms with E-state index in [1.165, 1.54) is 43.9 Å². The number of halogens is 4. The summed E-state index contributed by atoms with van der Waals surface area (Å²) in [4.78, 5) is 0.648. The molecule has 1 N–H and O–H groups in total. The van der Waals surface area contributed by atoms with Crippen LogP contribution in [0.1, 0.15) is 45.4 Å². The van der Waals surface area contributed by atoms with Crippen LogP contribution < -0.4 is 0 Å². The smallest absolute Gasteiger partial charge is 0.155 e. The van der Waals surface area contributed by atoms with E-state index in [9.17, 15) is 5.11 Å². The summed E-state index contributed by atoms with van der Waals surface area (Å²) in [5.74, 6) is 0.649. The molecule has 0 aliphatic heterocycles. The van der Waals surface area contributed by atoms with Crippen LogP contribution in [0.2, 0.25) is 20.1 Å². The van der Waals surface area contributed by atoms with E-state index in [1.807, 2.05) is 0 Å². The first kappa shape index (κ1) is 18.6. The van der Waals surface area contributed by atoms with Crippen LogP contribution in [-0.2, 0) is 0 Å². The molecule has 0 saturated heterocycles. The van der Waals surface area contributed by atoms with Crippen molar-refractivity contribution in [1.82, 2.24) is 0 Å². The molecule has 1 nitrogen and oxygen atoms in total. The zero-order valence-corrected chi connectivity index (χ0v) is 15.2. The topological polar surface area (TPSA) is 20.2 Å². The van der Waals surface area contributed by atoms with E-state index in [0.29, 0.717) is 4.90 Å². The lowest BCUT2D eigenvalue weighted by Gasteiger charge is -2.11. The second-order valence-electron chi connectivity index (χ2n) is 4.55. The predicted octanol–water partition coefficient (Wildman–Crippen LogP) is 7.46. The average Bonchev–Trinajstić information content (AvgIpc) is 2.45. The van der Waals surface area contributed by atoms with Crippen molar-refractivity contribution in [2.24, 2.45) is 0 Å². The first-order valence-corrected chi connectivity index (χ1v) is 9.18. The van der Waals surface area contributed by atoms with Gasteiger partial charge in [-0.2, -0.15) is 0 Å². The van der Waals surface area contributed by atoms with Gasteiger partial charge in [-0.1, -0.05) is 85.4 Å². The summed E-state index contributed by atoms with van der Waals surface area (Å²) in [5.41, 5.74) is 0. The Kier molecular flexibility index (Phi) is 8.85. The van der Waals surface area contributed by atoms with Gasteiger partial charge in [0.2, 0.25) is 0 Å². The third-order valence-corrected chi connectivity index (χ3v) is 6.04. The molecule has 0 radical (unpaired) electrons. The van der Waals surface area contributed by atoms with Crippen molar-refractivity contribution in [2.75, 3.05) is 5.75 Å². The molecule has 20 heavy (non-hydrogen) atoms. The monoisotopic (exact) mass is 374 g/mol. The quantitative estimate of drug-likeness (QED) is 0.289.